The second-order valence-corrected chi connectivity index (χ2v) is 7.04. The van der Waals surface area contributed by atoms with Crippen molar-refractivity contribution < 1.29 is 4.74 Å². The van der Waals surface area contributed by atoms with E-state index in [2.05, 4.69) is 33.0 Å². The normalized spacial score (nSPS) is 27.1. The molecule has 0 N–H and O–H groups in total. The monoisotopic (exact) mass is 337 g/mol. The van der Waals surface area contributed by atoms with Gasteiger partial charge in [0.05, 0.1) is 7.11 Å². The van der Waals surface area contributed by atoms with Crippen LogP contribution in [0.25, 0.3) is 0 Å². The molecule has 3 heteroatoms. The Balaban J connectivity index is 1.75. The van der Waals surface area contributed by atoms with E-state index in [1.807, 2.05) is 6.07 Å². The summed E-state index contributed by atoms with van der Waals surface area (Å²) in [6.45, 7) is 2.31. The molecular formula is C17H24BrNO. The van der Waals surface area contributed by atoms with Crippen molar-refractivity contribution >= 4 is 15.9 Å². The Kier molecular flexibility index (Phi) is 4.67. The molecule has 1 saturated heterocycles. The molecule has 3 rings (SSSR count). The van der Waals surface area contributed by atoms with Gasteiger partial charge in [0.2, 0.25) is 0 Å². The number of halogens is 1. The van der Waals surface area contributed by atoms with Crippen molar-refractivity contribution in [1.29, 1.82) is 0 Å². The van der Waals surface area contributed by atoms with Crippen LogP contribution in [0.5, 0.6) is 5.75 Å². The van der Waals surface area contributed by atoms with E-state index < -0.39 is 0 Å². The maximum Gasteiger partial charge on any atom is 0.119 e. The molecule has 0 bridgehead atoms. The highest BCUT2D eigenvalue weighted by Gasteiger charge is 2.33. The van der Waals surface area contributed by atoms with Gasteiger partial charge in [0.25, 0.3) is 0 Å². The molecule has 2 unspecified atom stereocenters. The molecule has 1 aromatic carbocycles. The quantitative estimate of drug-likeness (QED) is 0.798. The maximum absolute atomic E-state index is 5.37. The smallest absolute Gasteiger partial charge is 0.119 e. The zero-order valence-electron chi connectivity index (χ0n) is 12.3. The summed E-state index contributed by atoms with van der Waals surface area (Å²) in [6, 6.07) is 7.12. The lowest BCUT2D eigenvalue weighted by Gasteiger charge is -2.44. The number of likely N-dealkylation sites (tertiary alicyclic amines) is 1. The fourth-order valence-corrected chi connectivity index (χ4v) is 4.31. The number of hydrogen-bond acceptors (Lipinski definition) is 2. The second-order valence-electron chi connectivity index (χ2n) is 6.18. The summed E-state index contributed by atoms with van der Waals surface area (Å²) in [5, 5.41) is 0. The van der Waals surface area contributed by atoms with E-state index in [0.29, 0.717) is 0 Å². The summed E-state index contributed by atoms with van der Waals surface area (Å²) < 4.78 is 6.57. The molecule has 110 valence electrons. The van der Waals surface area contributed by atoms with Crippen LogP contribution in [-0.4, -0.2) is 24.6 Å². The van der Waals surface area contributed by atoms with Crippen LogP contribution >= 0.6 is 15.9 Å². The lowest BCUT2D eigenvalue weighted by atomic mass is 9.78. The van der Waals surface area contributed by atoms with Gasteiger partial charge in [0, 0.05) is 17.1 Å². The van der Waals surface area contributed by atoms with Gasteiger partial charge in [-0.3, -0.25) is 4.90 Å². The Morgan fingerprint density at radius 3 is 2.85 bits per heavy atom. The molecule has 1 aliphatic carbocycles. The first-order valence-corrected chi connectivity index (χ1v) is 8.63. The number of rotatable bonds is 3. The Labute approximate surface area is 130 Å². The van der Waals surface area contributed by atoms with Crippen LogP contribution < -0.4 is 4.74 Å². The van der Waals surface area contributed by atoms with Gasteiger partial charge in [0.15, 0.2) is 0 Å². The number of hydrogen-bond donors (Lipinski definition) is 0. The summed E-state index contributed by atoms with van der Waals surface area (Å²) in [5.74, 6) is 1.90. The number of nitrogens with zero attached hydrogens (tertiary/aromatic N) is 1. The lowest BCUT2D eigenvalue weighted by molar-refractivity contribution is 0.0545. The topological polar surface area (TPSA) is 12.5 Å². The predicted molar refractivity (Wildman–Crippen MR) is 86.1 cm³/mol. The third-order valence-electron chi connectivity index (χ3n) is 4.98. The number of ether oxygens (including phenoxy) is 1. The van der Waals surface area contributed by atoms with Gasteiger partial charge in [-0.05, 0) is 61.9 Å². The molecular weight excluding hydrogens is 314 g/mol. The SMILES string of the molecule is COc1ccc(Br)c(CN2CCCC3CCCCC32)c1. The Morgan fingerprint density at radius 1 is 1.20 bits per heavy atom. The Hall–Kier alpha value is -0.540. The fraction of sp³-hybridized carbons (Fsp3) is 0.647. The maximum atomic E-state index is 5.37. The molecule has 2 aliphatic rings. The zero-order chi connectivity index (χ0) is 13.9. The van der Waals surface area contributed by atoms with Gasteiger partial charge in [0.1, 0.15) is 5.75 Å². The molecule has 1 saturated carbocycles. The summed E-state index contributed by atoms with van der Waals surface area (Å²) in [4.78, 5) is 2.72. The molecule has 0 spiro atoms. The first kappa shape index (κ1) is 14.4. The van der Waals surface area contributed by atoms with Gasteiger partial charge in [-0.15, -0.1) is 0 Å². The van der Waals surface area contributed by atoms with Crippen molar-refractivity contribution in [2.24, 2.45) is 5.92 Å². The first-order valence-electron chi connectivity index (χ1n) is 7.84. The summed E-state index contributed by atoms with van der Waals surface area (Å²) in [5.41, 5.74) is 1.36. The molecule has 2 fully saturated rings. The van der Waals surface area contributed by atoms with Crippen LogP contribution in [0.3, 0.4) is 0 Å². The molecule has 2 atom stereocenters. The lowest BCUT2D eigenvalue weighted by Crippen LogP contribution is -2.46. The van der Waals surface area contributed by atoms with Crippen molar-refractivity contribution in [2.45, 2.75) is 51.1 Å². The molecule has 1 aliphatic heterocycles. The molecule has 1 heterocycles. The van der Waals surface area contributed by atoms with Crippen molar-refractivity contribution in [3.63, 3.8) is 0 Å². The number of piperidine rings is 1. The van der Waals surface area contributed by atoms with Crippen LogP contribution in [0.1, 0.15) is 44.1 Å². The van der Waals surface area contributed by atoms with Crippen LogP contribution in [0.2, 0.25) is 0 Å². The first-order chi connectivity index (χ1) is 9.78. The minimum absolute atomic E-state index is 0.815. The summed E-state index contributed by atoms with van der Waals surface area (Å²) >= 11 is 3.69. The van der Waals surface area contributed by atoms with E-state index >= 15 is 0 Å². The van der Waals surface area contributed by atoms with Crippen molar-refractivity contribution in [3.05, 3.63) is 28.2 Å². The fourth-order valence-electron chi connectivity index (χ4n) is 3.94. The van der Waals surface area contributed by atoms with Gasteiger partial charge in [-0.2, -0.15) is 0 Å². The van der Waals surface area contributed by atoms with E-state index in [4.69, 9.17) is 4.74 Å². The summed E-state index contributed by atoms with van der Waals surface area (Å²) in [6.07, 6.45) is 8.50. The molecule has 0 amide bonds. The van der Waals surface area contributed by atoms with E-state index in [1.165, 1.54) is 55.1 Å². The standard InChI is InChI=1S/C17H24BrNO/c1-20-15-8-9-16(18)14(11-15)12-19-10-4-6-13-5-2-3-7-17(13)19/h8-9,11,13,17H,2-7,10,12H2,1H3. The number of methoxy groups -OCH3 is 1. The van der Waals surface area contributed by atoms with E-state index in [0.717, 1.165) is 24.3 Å². The zero-order valence-corrected chi connectivity index (χ0v) is 13.9. The highest BCUT2D eigenvalue weighted by Crippen LogP contribution is 2.36. The third-order valence-corrected chi connectivity index (χ3v) is 5.76. The second kappa shape index (κ2) is 6.48. The predicted octanol–water partition coefficient (Wildman–Crippen LogP) is 4.61. The summed E-state index contributed by atoms with van der Waals surface area (Å²) in [7, 11) is 1.74. The number of benzene rings is 1. The van der Waals surface area contributed by atoms with Crippen LogP contribution in [-0.2, 0) is 6.54 Å². The Bertz CT molecular complexity index is 460. The van der Waals surface area contributed by atoms with Crippen LogP contribution in [0, 0.1) is 5.92 Å². The van der Waals surface area contributed by atoms with E-state index in [9.17, 15) is 0 Å². The van der Waals surface area contributed by atoms with Crippen LogP contribution in [0.15, 0.2) is 22.7 Å². The van der Waals surface area contributed by atoms with E-state index in [1.54, 1.807) is 7.11 Å². The van der Waals surface area contributed by atoms with Crippen molar-refractivity contribution in [2.75, 3.05) is 13.7 Å². The Morgan fingerprint density at radius 2 is 2.00 bits per heavy atom. The minimum atomic E-state index is 0.815. The van der Waals surface area contributed by atoms with Crippen molar-refractivity contribution in [3.8, 4) is 5.75 Å². The number of fused-ring (bicyclic) bond motifs is 1. The average molecular weight is 338 g/mol. The van der Waals surface area contributed by atoms with Crippen molar-refractivity contribution in [1.82, 2.24) is 4.90 Å². The highest BCUT2D eigenvalue weighted by atomic mass is 79.9. The molecule has 2 nitrogen and oxygen atoms in total. The average Bonchev–Trinajstić information content (AvgIpc) is 2.50. The van der Waals surface area contributed by atoms with Crippen LogP contribution in [0.4, 0.5) is 0 Å². The molecule has 1 aromatic rings. The third kappa shape index (κ3) is 3.04. The van der Waals surface area contributed by atoms with Gasteiger partial charge >= 0.3 is 0 Å². The minimum Gasteiger partial charge on any atom is -0.497 e. The molecule has 0 radical (unpaired) electrons. The van der Waals surface area contributed by atoms with Gasteiger partial charge < -0.3 is 4.74 Å². The van der Waals surface area contributed by atoms with E-state index in [-0.39, 0.29) is 0 Å². The van der Waals surface area contributed by atoms with Gasteiger partial charge in [-0.1, -0.05) is 28.8 Å². The molecule has 0 aromatic heterocycles. The largest absolute Gasteiger partial charge is 0.497 e. The van der Waals surface area contributed by atoms with Gasteiger partial charge in [-0.25, -0.2) is 0 Å². The highest BCUT2D eigenvalue weighted by molar-refractivity contribution is 9.10. The molecule has 20 heavy (non-hydrogen) atoms.